The number of Topliss-reactive ketones (excluding diaryl/α,β-unsaturated/α-hetero) is 1. The van der Waals surface area contributed by atoms with E-state index in [-0.39, 0.29) is 6.54 Å². The second kappa shape index (κ2) is 5.08. The number of ketones is 1. The number of carbonyl (C=O) groups excluding carboxylic acids is 2. The first-order valence-electron chi connectivity index (χ1n) is 5.31. The van der Waals surface area contributed by atoms with Gasteiger partial charge in [-0.25, -0.2) is 0 Å². The lowest BCUT2D eigenvalue weighted by atomic mass is 10.1. The quantitative estimate of drug-likeness (QED) is 0.275. The molecule has 6 nitrogen and oxygen atoms in total. The zero-order valence-electron chi connectivity index (χ0n) is 9.34. The molecule has 0 N–H and O–H groups in total. The third-order valence-corrected chi connectivity index (χ3v) is 2.87. The van der Waals surface area contributed by atoms with Crippen molar-refractivity contribution in [3.05, 3.63) is 39.2 Å². The van der Waals surface area contributed by atoms with Crippen LogP contribution in [-0.4, -0.2) is 24.8 Å². The highest BCUT2D eigenvalue weighted by Crippen LogP contribution is 2.31. The zero-order valence-corrected chi connectivity index (χ0v) is 10.1. The number of anilines is 1. The minimum absolute atomic E-state index is 0.289. The molecule has 0 fully saturated rings. The van der Waals surface area contributed by atoms with Crippen molar-refractivity contribution in [1.29, 1.82) is 0 Å². The number of halogens is 1. The molecule has 1 aromatic carbocycles. The number of fused-ring (bicyclic) bond motifs is 1. The van der Waals surface area contributed by atoms with Gasteiger partial charge in [-0.15, -0.1) is 0 Å². The maximum atomic E-state index is 11.8. The Balaban J connectivity index is 2.20. The number of benzene rings is 1. The molecule has 1 aliphatic rings. The van der Waals surface area contributed by atoms with Crippen LogP contribution >= 0.6 is 11.6 Å². The predicted molar refractivity (Wildman–Crippen MR) is 66.8 cm³/mol. The van der Waals surface area contributed by atoms with Gasteiger partial charge in [-0.3, -0.25) is 9.59 Å². The van der Waals surface area contributed by atoms with Crippen LogP contribution in [0.25, 0.3) is 10.4 Å². The maximum Gasteiger partial charge on any atom is 0.299 e. The molecule has 18 heavy (non-hydrogen) atoms. The van der Waals surface area contributed by atoms with E-state index in [1.165, 1.54) is 11.0 Å². The van der Waals surface area contributed by atoms with Crippen molar-refractivity contribution in [3.63, 3.8) is 0 Å². The van der Waals surface area contributed by atoms with Gasteiger partial charge in [0.05, 0.1) is 11.3 Å². The standard InChI is InChI=1S/C11H9ClN4O2/c12-7-2-3-9-8(6-7)10(17)11(18)16(9)5-1-4-14-15-13/h2-3,6H,1,4-5H2. The monoisotopic (exact) mass is 264 g/mol. The molecular weight excluding hydrogens is 256 g/mol. The van der Waals surface area contributed by atoms with Gasteiger partial charge in [0.1, 0.15) is 0 Å². The number of nitrogens with zero attached hydrogens (tertiary/aromatic N) is 4. The topological polar surface area (TPSA) is 86.1 Å². The zero-order chi connectivity index (χ0) is 13.1. The summed E-state index contributed by atoms with van der Waals surface area (Å²) >= 11 is 5.79. The van der Waals surface area contributed by atoms with Gasteiger partial charge in [-0.05, 0) is 30.2 Å². The largest absolute Gasteiger partial charge is 0.305 e. The minimum Gasteiger partial charge on any atom is -0.305 e. The summed E-state index contributed by atoms with van der Waals surface area (Å²) in [6, 6.07) is 4.77. The molecule has 0 atom stereocenters. The van der Waals surface area contributed by atoms with Gasteiger partial charge in [0.2, 0.25) is 0 Å². The first-order valence-corrected chi connectivity index (χ1v) is 5.69. The molecule has 0 aliphatic carbocycles. The third kappa shape index (κ3) is 2.16. The van der Waals surface area contributed by atoms with Crippen LogP contribution in [0.4, 0.5) is 5.69 Å². The molecular formula is C11H9ClN4O2. The average Bonchev–Trinajstić information content (AvgIpc) is 2.59. The lowest BCUT2D eigenvalue weighted by Gasteiger charge is -2.15. The summed E-state index contributed by atoms with van der Waals surface area (Å²) in [7, 11) is 0. The summed E-state index contributed by atoms with van der Waals surface area (Å²) in [5.41, 5.74) is 9.04. The van der Waals surface area contributed by atoms with Crippen molar-refractivity contribution in [3.8, 4) is 0 Å². The molecule has 92 valence electrons. The van der Waals surface area contributed by atoms with E-state index < -0.39 is 11.7 Å². The Kier molecular flexibility index (Phi) is 3.50. The summed E-state index contributed by atoms with van der Waals surface area (Å²) in [5.74, 6) is -1.11. The van der Waals surface area contributed by atoms with Crippen LogP contribution in [0.3, 0.4) is 0 Å². The number of hydrogen-bond donors (Lipinski definition) is 0. The molecule has 1 aliphatic heterocycles. The SMILES string of the molecule is [N-]=[N+]=NCCCN1C(=O)C(=O)c2cc(Cl)ccc21. The van der Waals surface area contributed by atoms with Gasteiger partial charge in [0, 0.05) is 23.0 Å². The van der Waals surface area contributed by atoms with Crippen LogP contribution in [0.15, 0.2) is 23.3 Å². The Hall–Kier alpha value is -2.04. The van der Waals surface area contributed by atoms with E-state index in [0.717, 1.165) is 0 Å². The second-order valence-corrected chi connectivity index (χ2v) is 4.19. The van der Waals surface area contributed by atoms with E-state index in [1.807, 2.05) is 0 Å². The van der Waals surface area contributed by atoms with Crippen LogP contribution in [-0.2, 0) is 4.79 Å². The Morgan fingerprint density at radius 3 is 2.89 bits per heavy atom. The molecule has 0 saturated carbocycles. The predicted octanol–water partition coefficient (Wildman–Crippen LogP) is 2.57. The molecule has 7 heteroatoms. The highest BCUT2D eigenvalue weighted by atomic mass is 35.5. The molecule has 0 spiro atoms. The number of carbonyl (C=O) groups is 2. The molecule has 0 radical (unpaired) electrons. The van der Waals surface area contributed by atoms with E-state index in [0.29, 0.717) is 29.2 Å². The fourth-order valence-electron chi connectivity index (χ4n) is 1.84. The van der Waals surface area contributed by atoms with Gasteiger partial charge in [-0.1, -0.05) is 16.7 Å². The Bertz CT molecular complexity index is 566. The van der Waals surface area contributed by atoms with Crippen molar-refractivity contribution in [2.24, 2.45) is 5.11 Å². The van der Waals surface area contributed by atoms with Gasteiger partial charge < -0.3 is 4.90 Å². The van der Waals surface area contributed by atoms with Gasteiger partial charge in [0.25, 0.3) is 11.7 Å². The highest BCUT2D eigenvalue weighted by Gasteiger charge is 2.35. The summed E-state index contributed by atoms with van der Waals surface area (Å²) in [5, 5.41) is 3.81. The third-order valence-electron chi connectivity index (χ3n) is 2.64. The molecule has 1 heterocycles. The van der Waals surface area contributed by atoms with Gasteiger partial charge in [0.15, 0.2) is 0 Å². The number of rotatable bonds is 4. The molecule has 0 aromatic heterocycles. The number of azide groups is 1. The molecule has 0 unspecified atom stereocenters. The molecule has 0 saturated heterocycles. The molecule has 1 amide bonds. The maximum absolute atomic E-state index is 11.8. The fraction of sp³-hybridized carbons (Fsp3) is 0.273. The van der Waals surface area contributed by atoms with E-state index >= 15 is 0 Å². The van der Waals surface area contributed by atoms with Crippen LogP contribution in [0.2, 0.25) is 5.02 Å². The lowest BCUT2D eigenvalue weighted by molar-refractivity contribution is -0.114. The average molecular weight is 265 g/mol. The van der Waals surface area contributed by atoms with Crippen LogP contribution in [0.5, 0.6) is 0 Å². The summed E-state index contributed by atoms with van der Waals surface area (Å²) in [4.78, 5) is 27.5. The first-order chi connectivity index (χ1) is 8.65. The summed E-state index contributed by atoms with van der Waals surface area (Å²) in [6.07, 6.45) is 0.505. The van der Waals surface area contributed by atoms with Crippen LogP contribution in [0, 0.1) is 0 Å². The minimum atomic E-state index is -0.562. The van der Waals surface area contributed by atoms with E-state index in [4.69, 9.17) is 17.1 Å². The summed E-state index contributed by atoms with van der Waals surface area (Å²) < 4.78 is 0. The van der Waals surface area contributed by atoms with Crippen LogP contribution in [0.1, 0.15) is 16.8 Å². The smallest absolute Gasteiger partial charge is 0.299 e. The van der Waals surface area contributed by atoms with E-state index in [1.54, 1.807) is 12.1 Å². The van der Waals surface area contributed by atoms with E-state index in [9.17, 15) is 9.59 Å². The van der Waals surface area contributed by atoms with Crippen LogP contribution < -0.4 is 4.90 Å². The second-order valence-electron chi connectivity index (χ2n) is 3.76. The molecule has 0 bridgehead atoms. The molecule has 2 rings (SSSR count). The normalized spacial score (nSPS) is 13.5. The van der Waals surface area contributed by atoms with E-state index in [2.05, 4.69) is 10.0 Å². The number of hydrogen-bond acceptors (Lipinski definition) is 3. The summed E-state index contributed by atoms with van der Waals surface area (Å²) in [6.45, 7) is 0.635. The highest BCUT2D eigenvalue weighted by molar-refractivity contribution is 6.52. The number of amides is 1. The fourth-order valence-corrected chi connectivity index (χ4v) is 2.01. The van der Waals surface area contributed by atoms with Gasteiger partial charge in [-0.2, -0.15) is 0 Å². The Morgan fingerprint density at radius 2 is 2.17 bits per heavy atom. The van der Waals surface area contributed by atoms with Crippen molar-refractivity contribution >= 4 is 29.0 Å². The van der Waals surface area contributed by atoms with Gasteiger partial charge >= 0.3 is 0 Å². The Labute approximate surface area is 108 Å². The lowest BCUT2D eigenvalue weighted by Crippen LogP contribution is -2.30. The first kappa shape index (κ1) is 12.4. The Morgan fingerprint density at radius 1 is 1.39 bits per heavy atom. The van der Waals surface area contributed by atoms with Crippen molar-refractivity contribution in [2.45, 2.75) is 6.42 Å². The molecule has 1 aromatic rings. The van der Waals surface area contributed by atoms with Crippen molar-refractivity contribution in [2.75, 3.05) is 18.0 Å². The van der Waals surface area contributed by atoms with Crippen molar-refractivity contribution in [1.82, 2.24) is 0 Å². The van der Waals surface area contributed by atoms with Crippen molar-refractivity contribution < 1.29 is 9.59 Å².